The number of hydrogen-bond acceptors (Lipinski definition) is 3. The van der Waals surface area contributed by atoms with Crippen molar-refractivity contribution in [1.82, 2.24) is 5.32 Å². The van der Waals surface area contributed by atoms with Gasteiger partial charge in [-0.3, -0.25) is 4.79 Å². The molecule has 1 amide bonds. The van der Waals surface area contributed by atoms with Crippen LogP contribution >= 0.6 is 0 Å². The second-order valence-electron chi connectivity index (χ2n) is 7.03. The maximum atomic E-state index is 13.4. The number of carbonyl (C=O) groups is 1. The molecule has 2 atom stereocenters. The molecule has 0 saturated carbocycles. The largest absolute Gasteiger partial charge is 0.487 e. The molecular formula is C21H20F3NO3. The zero-order valence-corrected chi connectivity index (χ0v) is 15.1. The van der Waals surface area contributed by atoms with Crippen LogP contribution in [0.15, 0.2) is 42.5 Å². The van der Waals surface area contributed by atoms with Crippen LogP contribution < -0.4 is 10.1 Å². The maximum absolute atomic E-state index is 13.4. The summed E-state index contributed by atoms with van der Waals surface area (Å²) < 4.78 is 51.6. The third-order valence-corrected chi connectivity index (χ3v) is 5.08. The van der Waals surface area contributed by atoms with E-state index in [1.54, 1.807) is 18.2 Å². The highest BCUT2D eigenvalue weighted by Gasteiger charge is 2.35. The van der Waals surface area contributed by atoms with Gasteiger partial charge in [0.05, 0.1) is 12.1 Å². The van der Waals surface area contributed by atoms with Gasteiger partial charge < -0.3 is 14.8 Å². The standard InChI is InChI=1S/C21H20F3NO3/c22-21(23,24)17-8-2-1-6-15(17)16-7-3-5-13-11-14(28-19(13)16)12-25-20(26)18-9-4-10-27-18/h1-3,5-8,14,18H,4,9-12H2,(H,25,26)/t14-,18+/m0/s1. The van der Waals surface area contributed by atoms with Gasteiger partial charge in [0.15, 0.2) is 0 Å². The summed E-state index contributed by atoms with van der Waals surface area (Å²) in [5.41, 5.74) is 0.655. The van der Waals surface area contributed by atoms with Crippen LogP contribution in [0.2, 0.25) is 0 Å². The molecule has 0 aliphatic carbocycles. The van der Waals surface area contributed by atoms with Crippen LogP contribution in [-0.2, 0) is 22.1 Å². The molecule has 2 aromatic rings. The van der Waals surface area contributed by atoms with E-state index >= 15 is 0 Å². The monoisotopic (exact) mass is 391 g/mol. The van der Waals surface area contributed by atoms with Gasteiger partial charge >= 0.3 is 6.18 Å². The van der Waals surface area contributed by atoms with Crippen molar-refractivity contribution in [3.8, 4) is 16.9 Å². The lowest BCUT2D eigenvalue weighted by atomic mass is 9.96. The lowest BCUT2D eigenvalue weighted by Gasteiger charge is -2.17. The molecular weight excluding hydrogens is 371 g/mol. The molecule has 28 heavy (non-hydrogen) atoms. The third-order valence-electron chi connectivity index (χ3n) is 5.08. The fourth-order valence-corrected chi connectivity index (χ4v) is 3.74. The molecule has 0 radical (unpaired) electrons. The Balaban J connectivity index is 1.53. The van der Waals surface area contributed by atoms with E-state index in [1.807, 2.05) is 6.07 Å². The highest BCUT2D eigenvalue weighted by molar-refractivity contribution is 5.81. The summed E-state index contributed by atoms with van der Waals surface area (Å²) in [6.07, 6.45) is -3.09. The van der Waals surface area contributed by atoms with Crippen molar-refractivity contribution in [2.45, 2.75) is 37.6 Å². The summed E-state index contributed by atoms with van der Waals surface area (Å²) in [4.78, 5) is 12.1. The lowest BCUT2D eigenvalue weighted by molar-refractivity contribution is -0.137. The first-order valence-electron chi connectivity index (χ1n) is 9.28. The number of fused-ring (bicyclic) bond motifs is 1. The van der Waals surface area contributed by atoms with Crippen LogP contribution in [0.5, 0.6) is 5.75 Å². The number of amides is 1. The predicted molar refractivity (Wildman–Crippen MR) is 97.0 cm³/mol. The van der Waals surface area contributed by atoms with Crippen molar-refractivity contribution in [3.63, 3.8) is 0 Å². The Morgan fingerprint density at radius 3 is 2.64 bits per heavy atom. The van der Waals surface area contributed by atoms with Gasteiger partial charge in [-0.25, -0.2) is 0 Å². The second-order valence-corrected chi connectivity index (χ2v) is 7.03. The molecule has 2 heterocycles. The van der Waals surface area contributed by atoms with Gasteiger partial charge in [0.1, 0.15) is 18.0 Å². The number of benzene rings is 2. The van der Waals surface area contributed by atoms with E-state index < -0.39 is 17.8 Å². The predicted octanol–water partition coefficient (Wildman–Crippen LogP) is 3.97. The number of carbonyl (C=O) groups excluding carboxylic acids is 1. The van der Waals surface area contributed by atoms with Crippen LogP contribution in [0.4, 0.5) is 13.2 Å². The Labute approximate surface area is 160 Å². The molecule has 0 bridgehead atoms. The molecule has 0 spiro atoms. The van der Waals surface area contributed by atoms with Crippen LogP contribution in [0.1, 0.15) is 24.0 Å². The van der Waals surface area contributed by atoms with Crippen LogP contribution in [-0.4, -0.2) is 31.3 Å². The average Bonchev–Trinajstić information content (AvgIpc) is 3.34. The molecule has 2 aromatic carbocycles. The topological polar surface area (TPSA) is 47.6 Å². The number of nitrogens with one attached hydrogen (secondary N) is 1. The second kappa shape index (κ2) is 7.47. The first-order valence-corrected chi connectivity index (χ1v) is 9.28. The van der Waals surface area contributed by atoms with Crippen molar-refractivity contribution in [2.75, 3.05) is 13.2 Å². The number of hydrogen-bond donors (Lipinski definition) is 1. The zero-order valence-electron chi connectivity index (χ0n) is 15.1. The number of ether oxygens (including phenoxy) is 2. The number of para-hydroxylation sites is 1. The van der Waals surface area contributed by atoms with Gasteiger partial charge in [0.2, 0.25) is 5.91 Å². The van der Waals surface area contributed by atoms with E-state index in [-0.39, 0.29) is 24.1 Å². The Hall–Kier alpha value is -2.54. The van der Waals surface area contributed by atoms with E-state index in [9.17, 15) is 18.0 Å². The van der Waals surface area contributed by atoms with Crippen molar-refractivity contribution in [1.29, 1.82) is 0 Å². The highest BCUT2D eigenvalue weighted by atomic mass is 19.4. The molecule has 1 saturated heterocycles. The molecule has 2 aliphatic rings. The summed E-state index contributed by atoms with van der Waals surface area (Å²) in [5.74, 6) is 0.287. The summed E-state index contributed by atoms with van der Waals surface area (Å²) in [5, 5.41) is 2.83. The molecule has 0 aromatic heterocycles. The summed E-state index contributed by atoms with van der Waals surface area (Å²) in [6, 6.07) is 10.7. The maximum Gasteiger partial charge on any atom is 0.417 e. The Bertz CT molecular complexity index is 875. The van der Waals surface area contributed by atoms with Crippen molar-refractivity contribution < 1.29 is 27.4 Å². The summed E-state index contributed by atoms with van der Waals surface area (Å²) in [6.45, 7) is 0.874. The van der Waals surface area contributed by atoms with E-state index in [0.717, 1.165) is 18.1 Å². The van der Waals surface area contributed by atoms with Crippen molar-refractivity contribution >= 4 is 5.91 Å². The average molecular weight is 391 g/mol. The zero-order chi connectivity index (χ0) is 19.7. The Morgan fingerprint density at radius 1 is 1.11 bits per heavy atom. The van der Waals surface area contributed by atoms with Crippen LogP contribution in [0.3, 0.4) is 0 Å². The minimum Gasteiger partial charge on any atom is -0.487 e. The molecule has 148 valence electrons. The number of rotatable bonds is 4. The Morgan fingerprint density at radius 2 is 1.89 bits per heavy atom. The minimum absolute atomic E-state index is 0.0934. The summed E-state index contributed by atoms with van der Waals surface area (Å²) in [7, 11) is 0. The van der Waals surface area contributed by atoms with E-state index in [4.69, 9.17) is 9.47 Å². The molecule has 7 heteroatoms. The van der Waals surface area contributed by atoms with Crippen LogP contribution in [0.25, 0.3) is 11.1 Å². The number of alkyl halides is 3. The van der Waals surface area contributed by atoms with Gasteiger partial charge in [-0.2, -0.15) is 13.2 Å². The lowest BCUT2D eigenvalue weighted by Crippen LogP contribution is -2.40. The fraction of sp³-hybridized carbons (Fsp3) is 0.381. The normalized spacial score (nSPS) is 21.2. The quantitative estimate of drug-likeness (QED) is 0.858. The third kappa shape index (κ3) is 3.71. The van der Waals surface area contributed by atoms with Crippen molar-refractivity contribution in [2.24, 2.45) is 0 Å². The minimum atomic E-state index is -4.45. The van der Waals surface area contributed by atoms with Gasteiger partial charge in [-0.1, -0.05) is 36.4 Å². The van der Waals surface area contributed by atoms with Gasteiger partial charge in [0, 0.05) is 18.6 Å². The smallest absolute Gasteiger partial charge is 0.417 e. The van der Waals surface area contributed by atoms with E-state index in [2.05, 4.69) is 5.32 Å². The SMILES string of the molecule is O=C(NC[C@@H]1Cc2cccc(-c3ccccc3C(F)(F)F)c2O1)[C@H]1CCCO1. The fourth-order valence-electron chi connectivity index (χ4n) is 3.74. The molecule has 1 fully saturated rings. The molecule has 1 N–H and O–H groups in total. The Kier molecular flexibility index (Phi) is 5.02. The molecule has 4 rings (SSSR count). The molecule has 0 unspecified atom stereocenters. The van der Waals surface area contributed by atoms with E-state index in [0.29, 0.717) is 30.8 Å². The first-order chi connectivity index (χ1) is 13.4. The van der Waals surface area contributed by atoms with Gasteiger partial charge in [-0.05, 0) is 30.0 Å². The van der Waals surface area contributed by atoms with Gasteiger partial charge in [-0.15, -0.1) is 0 Å². The van der Waals surface area contributed by atoms with Gasteiger partial charge in [0.25, 0.3) is 0 Å². The van der Waals surface area contributed by atoms with Crippen LogP contribution in [0, 0.1) is 0 Å². The van der Waals surface area contributed by atoms with Crippen molar-refractivity contribution in [3.05, 3.63) is 53.6 Å². The number of halogens is 3. The summed E-state index contributed by atoms with van der Waals surface area (Å²) >= 11 is 0. The molecule has 4 nitrogen and oxygen atoms in total. The van der Waals surface area contributed by atoms with E-state index in [1.165, 1.54) is 12.1 Å². The molecule has 2 aliphatic heterocycles. The highest BCUT2D eigenvalue weighted by Crippen LogP contribution is 2.43. The first kappa shape index (κ1) is 18.8.